The van der Waals surface area contributed by atoms with E-state index in [1.165, 1.54) is 6.20 Å². The Morgan fingerprint density at radius 1 is 1.17 bits per heavy atom. The highest BCUT2D eigenvalue weighted by Crippen LogP contribution is 2.31. The third-order valence-electron chi connectivity index (χ3n) is 6.17. The van der Waals surface area contributed by atoms with Crippen LogP contribution < -0.4 is 16.0 Å². The van der Waals surface area contributed by atoms with Crippen molar-refractivity contribution in [2.45, 2.75) is 32.4 Å². The number of pyridine rings is 2. The van der Waals surface area contributed by atoms with E-state index in [9.17, 15) is 23.1 Å². The SMILES string of the molecule is CCc1cc(F)c(-c2nc(C(=O)Nc3cnccc3N3C[C@@H](N)[C@H](O)[C@@H](C)C3)ccc2F)c(F)c1. The van der Waals surface area contributed by atoms with Crippen molar-refractivity contribution < 1.29 is 23.1 Å². The third-order valence-corrected chi connectivity index (χ3v) is 6.17. The summed E-state index contributed by atoms with van der Waals surface area (Å²) >= 11 is 0. The molecule has 3 aromatic rings. The zero-order valence-electron chi connectivity index (χ0n) is 19.3. The molecular formula is C25H26F3N5O2. The van der Waals surface area contributed by atoms with Gasteiger partial charge in [-0.25, -0.2) is 18.2 Å². The molecule has 3 atom stereocenters. The van der Waals surface area contributed by atoms with Crippen LogP contribution in [0.5, 0.6) is 0 Å². The molecule has 0 bridgehead atoms. The number of aliphatic hydroxyl groups excluding tert-OH is 1. The first-order chi connectivity index (χ1) is 16.7. The van der Waals surface area contributed by atoms with Gasteiger partial charge in [0.2, 0.25) is 0 Å². The average molecular weight is 486 g/mol. The molecule has 1 saturated heterocycles. The van der Waals surface area contributed by atoms with Crippen LogP contribution in [0.3, 0.4) is 0 Å². The van der Waals surface area contributed by atoms with Crippen molar-refractivity contribution in [3.8, 4) is 11.3 Å². The number of carbonyl (C=O) groups excluding carboxylic acids is 1. The molecule has 2 aromatic heterocycles. The van der Waals surface area contributed by atoms with E-state index >= 15 is 0 Å². The van der Waals surface area contributed by atoms with Gasteiger partial charge in [-0.1, -0.05) is 13.8 Å². The fourth-order valence-corrected chi connectivity index (χ4v) is 4.26. The molecule has 184 valence electrons. The van der Waals surface area contributed by atoms with E-state index < -0.39 is 46.8 Å². The molecule has 0 unspecified atom stereocenters. The molecule has 35 heavy (non-hydrogen) atoms. The van der Waals surface area contributed by atoms with Gasteiger partial charge in [0.05, 0.1) is 29.2 Å². The number of nitrogens with one attached hydrogen (secondary N) is 1. The van der Waals surface area contributed by atoms with Crippen molar-refractivity contribution in [1.82, 2.24) is 9.97 Å². The first-order valence-electron chi connectivity index (χ1n) is 11.3. The van der Waals surface area contributed by atoms with Crippen LogP contribution >= 0.6 is 0 Å². The molecule has 0 saturated carbocycles. The summed E-state index contributed by atoms with van der Waals surface area (Å²) < 4.78 is 43.7. The summed E-state index contributed by atoms with van der Waals surface area (Å²) in [4.78, 5) is 22.9. The third kappa shape index (κ3) is 4.98. The lowest BCUT2D eigenvalue weighted by Gasteiger charge is -2.40. The second kappa shape index (κ2) is 10.0. The highest BCUT2D eigenvalue weighted by Gasteiger charge is 2.32. The zero-order valence-corrected chi connectivity index (χ0v) is 19.3. The molecule has 7 nitrogen and oxygen atoms in total. The number of nitrogens with zero attached hydrogens (tertiary/aromatic N) is 3. The minimum atomic E-state index is -0.960. The predicted octanol–water partition coefficient (Wildman–Crippen LogP) is 3.52. The summed E-state index contributed by atoms with van der Waals surface area (Å²) in [6.45, 7) is 4.49. The van der Waals surface area contributed by atoms with Crippen LogP contribution in [0.25, 0.3) is 11.3 Å². The minimum absolute atomic E-state index is 0.0966. The van der Waals surface area contributed by atoms with Crippen molar-refractivity contribution in [2.75, 3.05) is 23.3 Å². The van der Waals surface area contributed by atoms with Crippen molar-refractivity contribution >= 4 is 17.3 Å². The van der Waals surface area contributed by atoms with E-state index in [1.54, 1.807) is 19.2 Å². The number of piperidine rings is 1. The van der Waals surface area contributed by atoms with Crippen LogP contribution in [0.15, 0.2) is 42.7 Å². The number of aliphatic hydroxyl groups is 1. The van der Waals surface area contributed by atoms with E-state index in [4.69, 9.17) is 5.73 Å². The molecule has 4 rings (SSSR count). The Kier molecular flexibility index (Phi) is 7.04. The normalized spacial score (nSPS) is 20.1. The molecule has 10 heteroatoms. The number of carbonyl (C=O) groups is 1. The Bertz CT molecular complexity index is 1220. The molecule has 1 aliphatic heterocycles. The standard InChI is InChI=1S/C25H26F3N5O2/c1-3-14-8-16(27)22(17(28)9-14)23-15(26)4-5-19(31-23)25(35)32-20-10-30-7-6-21(20)33-11-13(2)24(34)18(29)12-33/h4-10,13,18,24,34H,3,11-12,29H2,1-2H3,(H,32,35)/t13-,18+,24+/m0/s1. The van der Waals surface area contributed by atoms with Crippen LogP contribution in [-0.2, 0) is 6.42 Å². The Morgan fingerprint density at radius 3 is 2.54 bits per heavy atom. The van der Waals surface area contributed by atoms with Gasteiger partial charge in [0, 0.05) is 31.2 Å². The molecule has 3 heterocycles. The molecular weight excluding hydrogens is 459 g/mol. The van der Waals surface area contributed by atoms with E-state index in [0.29, 0.717) is 36.4 Å². The summed E-state index contributed by atoms with van der Waals surface area (Å²) in [7, 11) is 0. The Balaban J connectivity index is 1.64. The summed E-state index contributed by atoms with van der Waals surface area (Å²) in [6, 6.07) is 5.55. The number of rotatable bonds is 5. The molecule has 1 aliphatic rings. The van der Waals surface area contributed by atoms with Crippen molar-refractivity contribution in [3.05, 3.63) is 71.4 Å². The van der Waals surface area contributed by atoms with Gasteiger partial charge in [0.1, 0.15) is 28.8 Å². The van der Waals surface area contributed by atoms with Gasteiger partial charge in [-0.3, -0.25) is 9.78 Å². The van der Waals surface area contributed by atoms with Gasteiger partial charge in [0.15, 0.2) is 0 Å². The highest BCUT2D eigenvalue weighted by molar-refractivity contribution is 6.04. The van der Waals surface area contributed by atoms with Crippen molar-refractivity contribution in [1.29, 1.82) is 0 Å². The van der Waals surface area contributed by atoms with Crippen LogP contribution in [0.1, 0.15) is 29.9 Å². The number of halogens is 3. The molecule has 1 amide bonds. The minimum Gasteiger partial charge on any atom is -0.391 e. The van der Waals surface area contributed by atoms with E-state index in [1.807, 2.05) is 11.8 Å². The molecule has 1 aromatic carbocycles. The predicted molar refractivity (Wildman–Crippen MR) is 126 cm³/mol. The summed E-state index contributed by atoms with van der Waals surface area (Å²) in [6.07, 6.45) is 2.77. The van der Waals surface area contributed by atoms with Crippen LogP contribution in [0, 0.1) is 23.4 Å². The van der Waals surface area contributed by atoms with Crippen molar-refractivity contribution in [3.63, 3.8) is 0 Å². The van der Waals surface area contributed by atoms with Gasteiger partial charge in [-0.15, -0.1) is 0 Å². The van der Waals surface area contributed by atoms with E-state index in [-0.39, 0.29) is 11.6 Å². The summed E-state index contributed by atoms with van der Waals surface area (Å²) in [5.41, 5.74) is 6.02. The number of aromatic nitrogens is 2. The lowest BCUT2D eigenvalue weighted by atomic mass is 9.92. The fraction of sp³-hybridized carbons (Fsp3) is 0.320. The lowest BCUT2D eigenvalue weighted by molar-refractivity contribution is 0.0785. The van der Waals surface area contributed by atoms with Gasteiger partial charge >= 0.3 is 0 Å². The second-order valence-electron chi connectivity index (χ2n) is 8.70. The monoisotopic (exact) mass is 485 g/mol. The summed E-state index contributed by atoms with van der Waals surface area (Å²) in [5, 5.41) is 12.9. The van der Waals surface area contributed by atoms with Crippen molar-refractivity contribution in [2.24, 2.45) is 11.7 Å². The highest BCUT2D eigenvalue weighted by atomic mass is 19.1. The van der Waals surface area contributed by atoms with Crippen LogP contribution in [0.4, 0.5) is 24.5 Å². The number of nitrogens with two attached hydrogens (primary N) is 1. The van der Waals surface area contributed by atoms with Gasteiger partial charge in [-0.2, -0.15) is 0 Å². The maximum atomic E-state index is 14.6. The average Bonchev–Trinajstić information content (AvgIpc) is 2.83. The number of benzene rings is 1. The number of hydrogen-bond acceptors (Lipinski definition) is 6. The lowest BCUT2D eigenvalue weighted by Crippen LogP contribution is -2.55. The van der Waals surface area contributed by atoms with Crippen LogP contribution in [-0.4, -0.2) is 46.2 Å². The maximum Gasteiger partial charge on any atom is 0.274 e. The molecule has 1 fully saturated rings. The van der Waals surface area contributed by atoms with E-state index in [0.717, 1.165) is 24.3 Å². The second-order valence-corrected chi connectivity index (χ2v) is 8.70. The Labute approximate surface area is 200 Å². The number of amides is 1. The van der Waals surface area contributed by atoms with E-state index in [2.05, 4.69) is 15.3 Å². The number of hydrogen-bond donors (Lipinski definition) is 3. The quantitative estimate of drug-likeness (QED) is 0.511. The maximum absolute atomic E-state index is 14.6. The number of aryl methyl sites for hydroxylation is 1. The molecule has 4 N–H and O–H groups in total. The molecule has 0 radical (unpaired) electrons. The first-order valence-corrected chi connectivity index (χ1v) is 11.3. The van der Waals surface area contributed by atoms with Gasteiger partial charge < -0.3 is 21.1 Å². The first kappa shape index (κ1) is 24.6. The fourth-order valence-electron chi connectivity index (χ4n) is 4.26. The topological polar surface area (TPSA) is 104 Å². The zero-order chi connectivity index (χ0) is 25.3. The largest absolute Gasteiger partial charge is 0.391 e. The number of anilines is 2. The smallest absolute Gasteiger partial charge is 0.274 e. The Hall–Kier alpha value is -3.50. The molecule has 0 aliphatic carbocycles. The molecule has 0 spiro atoms. The summed E-state index contributed by atoms with van der Waals surface area (Å²) in [5.74, 6) is -3.68. The Morgan fingerprint density at radius 2 is 1.89 bits per heavy atom. The van der Waals surface area contributed by atoms with Crippen LogP contribution in [0.2, 0.25) is 0 Å². The van der Waals surface area contributed by atoms with Gasteiger partial charge in [-0.05, 0) is 42.3 Å². The van der Waals surface area contributed by atoms with Gasteiger partial charge in [0.25, 0.3) is 5.91 Å².